The van der Waals surface area contributed by atoms with Crippen LogP contribution in [0.25, 0.3) is 11.0 Å². The summed E-state index contributed by atoms with van der Waals surface area (Å²) in [5.41, 5.74) is 7.59. The van der Waals surface area contributed by atoms with E-state index in [1.807, 2.05) is 38.1 Å². The summed E-state index contributed by atoms with van der Waals surface area (Å²) in [5, 5.41) is 5.28. The van der Waals surface area contributed by atoms with Crippen LogP contribution in [0, 0.1) is 5.92 Å². The molecule has 5 N–H and O–H groups in total. The van der Waals surface area contributed by atoms with Crippen LogP contribution >= 0.6 is 0 Å². The van der Waals surface area contributed by atoms with Crippen LogP contribution in [0.2, 0.25) is 0 Å². The number of imidazole rings is 1. The normalized spacial score (nSPS) is 12.3. The summed E-state index contributed by atoms with van der Waals surface area (Å²) in [5.74, 6) is 0.293. The highest BCUT2D eigenvalue weighted by Crippen LogP contribution is 2.10. The third-order valence-corrected chi connectivity index (χ3v) is 3.57. The number of nitrogens with two attached hydrogens (primary N) is 1. The van der Waals surface area contributed by atoms with Crippen molar-refractivity contribution in [2.24, 2.45) is 11.7 Å². The Bertz CT molecular complexity index is 647. The van der Waals surface area contributed by atoms with Gasteiger partial charge in [0.1, 0.15) is 5.82 Å². The number of carbonyl (C=O) groups is 2. The first-order valence-corrected chi connectivity index (χ1v) is 7.71. The van der Waals surface area contributed by atoms with Gasteiger partial charge < -0.3 is 21.4 Å². The summed E-state index contributed by atoms with van der Waals surface area (Å²) in [4.78, 5) is 31.0. The number of aromatic amines is 1. The standard InChI is InChI=1S/C16H23N5O2/c1-10(2)15(17)16(23)19-9-14(22)18-8-7-13-20-11-5-3-4-6-12(11)21-13/h3-6,10,15H,7-9,17H2,1-2H3,(H,18,22)(H,19,23)(H,20,21)/t15-/m0/s1. The van der Waals surface area contributed by atoms with Gasteiger partial charge >= 0.3 is 0 Å². The van der Waals surface area contributed by atoms with Crippen LogP contribution in [0.1, 0.15) is 19.7 Å². The zero-order valence-electron chi connectivity index (χ0n) is 13.4. The lowest BCUT2D eigenvalue weighted by molar-refractivity contribution is -0.127. The van der Waals surface area contributed by atoms with Crippen LogP contribution in [0.3, 0.4) is 0 Å². The predicted molar refractivity (Wildman–Crippen MR) is 88.6 cm³/mol. The van der Waals surface area contributed by atoms with E-state index in [2.05, 4.69) is 20.6 Å². The molecule has 0 saturated carbocycles. The van der Waals surface area contributed by atoms with Crippen molar-refractivity contribution in [1.29, 1.82) is 0 Å². The third-order valence-electron chi connectivity index (χ3n) is 3.57. The fourth-order valence-corrected chi connectivity index (χ4v) is 2.09. The molecule has 7 heteroatoms. The minimum absolute atomic E-state index is 0.0335. The molecule has 23 heavy (non-hydrogen) atoms. The highest BCUT2D eigenvalue weighted by molar-refractivity contribution is 5.87. The van der Waals surface area contributed by atoms with Crippen molar-refractivity contribution in [3.05, 3.63) is 30.1 Å². The average molecular weight is 317 g/mol. The number of para-hydroxylation sites is 2. The fraction of sp³-hybridized carbons (Fsp3) is 0.438. The van der Waals surface area contributed by atoms with Crippen LogP contribution in [0.5, 0.6) is 0 Å². The molecule has 0 bridgehead atoms. The molecule has 124 valence electrons. The highest BCUT2D eigenvalue weighted by Gasteiger charge is 2.17. The van der Waals surface area contributed by atoms with Gasteiger partial charge in [-0.05, 0) is 18.1 Å². The van der Waals surface area contributed by atoms with Gasteiger partial charge in [0.15, 0.2) is 0 Å². The molecule has 0 unspecified atom stereocenters. The molecular weight excluding hydrogens is 294 g/mol. The maximum absolute atomic E-state index is 11.7. The molecule has 1 aromatic heterocycles. The molecule has 0 aliphatic carbocycles. The number of amides is 2. The van der Waals surface area contributed by atoms with Crippen molar-refractivity contribution < 1.29 is 9.59 Å². The number of fused-ring (bicyclic) bond motifs is 1. The number of H-pyrrole nitrogens is 1. The van der Waals surface area contributed by atoms with Crippen LogP contribution < -0.4 is 16.4 Å². The first-order valence-electron chi connectivity index (χ1n) is 7.71. The molecule has 2 amide bonds. The van der Waals surface area contributed by atoms with Gasteiger partial charge in [0, 0.05) is 13.0 Å². The number of nitrogens with one attached hydrogen (secondary N) is 3. The second kappa shape index (κ2) is 7.73. The lowest BCUT2D eigenvalue weighted by Crippen LogP contribution is -2.47. The number of hydrogen-bond acceptors (Lipinski definition) is 4. The molecule has 0 aliphatic rings. The maximum Gasteiger partial charge on any atom is 0.239 e. The van der Waals surface area contributed by atoms with Crippen LogP contribution in [-0.4, -0.2) is 40.9 Å². The summed E-state index contributed by atoms with van der Waals surface area (Å²) < 4.78 is 0. The van der Waals surface area contributed by atoms with Gasteiger partial charge in [0.2, 0.25) is 11.8 Å². The quantitative estimate of drug-likeness (QED) is 0.589. The summed E-state index contributed by atoms with van der Waals surface area (Å²) in [6.07, 6.45) is 0.597. The molecule has 2 aromatic rings. The third kappa shape index (κ3) is 4.79. The smallest absolute Gasteiger partial charge is 0.239 e. The Labute approximate surface area is 135 Å². The summed E-state index contributed by atoms with van der Waals surface area (Å²) in [7, 11) is 0. The molecule has 1 aromatic carbocycles. The number of benzene rings is 1. The summed E-state index contributed by atoms with van der Waals surface area (Å²) in [6, 6.07) is 7.16. The van der Waals surface area contributed by atoms with Crippen molar-refractivity contribution in [2.75, 3.05) is 13.1 Å². The molecule has 0 aliphatic heterocycles. The molecule has 1 heterocycles. The van der Waals surface area contributed by atoms with E-state index in [0.29, 0.717) is 13.0 Å². The van der Waals surface area contributed by atoms with Gasteiger partial charge in [-0.15, -0.1) is 0 Å². The minimum Gasteiger partial charge on any atom is -0.354 e. The lowest BCUT2D eigenvalue weighted by Gasteiger charge is -2.15. The summed E-state index contributed by atoms with van der Waals surface area (Å²) >= 11 is 0. The molecule has 0 saturated heterocycles. The zero-order chi connectivity index (χ0) is 16.8. The van der Waals surface area contributed by atoms with Gasteiger partial charge in [-0.2, -0.15) is 0 Å². The van der Waals surface area contributed by atoms with Crippen LogP contribution in [-0.2, 0) is 16.0 Å². The first kappa shape index (κ1) is 17.0. The predicted octanol–water partition coefficient (Wildman–Crippen LogP) is 0.321. The van der Waals surface area contributed by atoms with Gasteiger partial charge in [0.05, 0.1) is 23.6 Å². The van der Waals surface area contributed by atoms with Crippen molar-refractivity contribution in [3.63, 3.8) is 0 Å². The van der Waals surface area contributed by atoms with Crippen molar-refractivity contribution in [3.8, 4) is 0 Å². The van der Waals surface area contributed by atoms with E-state index < -0.39 is 6.04 Å². The monoisotopic (exact) mass is 317 g/mol. The fourth-order valence-electron chi connectivity index (χ4n) is 2.09. The minimum atomic E-state index is -0.599. The average Bonchev–Trinajstić information content (AvgIpc) is 2.94. The first-order chi connectivity index (χ1) is 11.0. The Balaban J connectivity index is 1.71. The van der Waals surface area contributed by atoms with Gasteiger partial charge in [-0.25, -0.2) is 4.98 Å². The Morgan fingerprint density at radius 2 is 2.00 bits per heavy atom. The second-order valence-electron chi connectivity index (χ2n) is 5.79. The number of hydrogen-bond donors (Lipinski definition) is 4. The van der Waals surface area contributed by atoms with Crippen molar-refractivity contribution in [2.45, 2.75) is 26.3 Å². The molecular formula is C16H23N5O2. The maximum atomic E-state index is 11.7. The van der Waals surface area contributed by atoms with E-state index in [-0.39, 0.29) is 24.3 Å². The summed E-state index contributed by atoms with van der Waals surface area (Å²) in [6.45, 7) is 4.10. The molecule has 1 atom stereocenters. The zero-order valence-corrected chi connectivity index (χ0v) is 13.4. The molecule has 0 radical (unpaired) electrons. The lowest BCUT2D eigenvalue weighted by atomic mass is 10.1. The topological polar surface area (TPSA) is 113 Å². The second-order valence-corrected chi connectivity index (χ2v) is 5.79. The van der Waals surface area contributed by atoms with Crippen LogP contribution in [0.4, 0.5) is 0 Å². The molecule has 7 nitrogen and oxygen atoms in total. The van der Waals surface area contributed by atoms with Gasteiger partial charge in [0.25, 0.3) is 0 Å². The number of carbonyl (C=O) groups excluding carboxylic acids is 2. The van der Waals surface area contributed by atoms with E-state index in [1.54, 1.807) is 0 Å². The van der Waals surface area contributed by atoms with Crippen molar-refractivity contribution in [1.82, 2.24) is 20.6 Å². The highest BCUT2D eigenvalue weighted by atomic mass is 16.2. The van der Waals surface area contributed by atoms with E-state index in [4.69, 9.17) is 5.73 Å². The Morgan fingerprint density at radius 1 is 1.26 bits per heavy atom. The Morgan fingerprint density at radius 3 is 2.70 bits per heavy atom. The van der Waals surface area contributed by atoms with E-state index in [0.717, 1.165) is 16.9 Å². The number of aromatic nitrogens is 2. The molecule has 2 rings (SSSR count). The van der Waals surface area contributed by atoms with Gasteiger partial charge in [-0.1, -0.05) is 26.0 Å². The number of nitrogens with zero attached hydrogens (tertiary/aromatic N) is 1. The van der Waals surface area contributed by atoms with Crippen molar-refractivity contribution >= 4 is 22.8 Å². The van der Waals surface area contributed by atoms with E-state index >= 15 is 0 Å². The number of rotatable bonds is 7. The van der Waals surface area contributed by atoms with Crippen LogP contribution in [0.15, 0.2) is 24.3 Å². The Hall–Kier alpha value is -2.41. The molecule has 0 spiro atoms. The largest absolute Gasteiger partial charge is 0.354 e. The van der Waals surface area contributed by atoms with Gasteiger partial charge in [-0.3, -0.25) is 9.59 Å². The van der Waals surface area contributed by atoms with E-state index in [9.17, 15) is 9.59 Å². The van der Waals surface area contributed by atoms with E-state index in [1.165, 1.54) is 0 Å². The Kier molecular flexibility index (Phi) is 5.70. The SMILES string of the molecule is CC(C)[C@H](N)C(=O)NCC(=O)NCCc1nc2ccccc2[nH]1. The molecule has 0 fully saturated rings.